The Bertz CT molecular complexity index is 967. The van der Waals surface area contributed by atoms with Crippen LogP contribution >= 0.6 is 22.9 Å². The second kappa shape index (κ2) is 7.62. The summed E-state index contributed by atoms with van der Waals surface area (Å²) in [7, 11) is 1.61. The molecule has 7 heteroatoms. The van der Waals surface area contributed by atoms with Crippen molar-refractivity contribution in [3.8, 4) is 22.2 Å². The maximum atomic E-state index is 6.57. The Morgan fingerprint density at radius 3 is 2.78 bits per heavy atom. The van der Waals surface area contributed by atoms with E-state index in [9.17, 15) is 0 Å². The Morgan fingerprint density at radius 2 is 2.11 bits per heavy atom. The van der Waals surface area contributed by atoms with Crippen molar-refractivity contribution in [2.75, 3.05) is 20.2 Å². The number of aromatic nitrogens is 2. The van der Waals surface area contributed by atoms with Gasteiger partial charge >= 0.3 is 0 Å². The zero-order valence-electron chi connectivity index (χ0n) is 15.6. The molecule has 27 heavy (non-hydrogen) atoms. The van der Waals surface area contributed by atoms with Gasteiger partial charge in [-0.2, -0.15) is 0 Å². The minimum Gasteiger partial charge on any atom is -0.495 e. The lowest BCUT2D eigenvalue weighted by atomic mass is 10.1. The van der Waals surface area contributed by atoms with Crippen molar-refractivity contribution in [2.24, 2.45) is 0 Å². The summed E-state index contributed by atoms with van der Waals surface area (Å²) < 4.78 is 11.7. The number of rotatable bonds is 5. The van der Waals surface area contributed by atoms with Gasteiger partial charge in [-0.3, -0.25) is 0 Å². The monoisotopic (exact) mass is 403 g/mol. The van der Waals surface area contributed by atoms with Crippen LogP contribution in [0.15, 0.2) is 23.6 Å². The number of pyridine rings is 1. The van der Waals surface area contributed by atoms with Crippen LogP contribution in [-0.2, 0) is 0 Å². The minimum absolute atomic E-state index is 0.145. The summed E-state index contributed by atoms with van der Waals surface area (Å²) in [5, 5.41) is 7.67. The maximum Gasteiger partial charge on any atom is 0.142 e. The fraction of sp³-hybridized carbons (Fsp3) is 0.400. The highest BCUT2D eigenvalue weighted by Gasteiger charge is 2.21. The third-order valence-corrected chi connectivity index (χ3v) is 5.96. The first-order valence-corrected chi connectivity index (χ1v) is 10.3. The van der Waals surface area contributed by atoms with E-state index < -0.39 is 0 Å². The van der Waals surface area contributed by atoms with Crippen molar-refractivity contribution >= 4 is 33.8 Å². The highest BCUT2D eigenvalue weighted by Crippen LogP contribution is 2.39. The number of methoxy groups -OCH3 is 1. The predicted octanol–water partition coefficient (Wildman–Crippen LogP) is 4.88. The first kappa shape index (κ1) is 18.5. The van der Waals surface area contributed by atoms with Crippen LogP contribution in [0.2, 0.25) is 5.02 Å². The average molecular weight is 404 g/mol. The molecule has 1 aromatic carbocycles. The summed E-state index contributed by atoms with van der Waals surface area (Å²) >= 11 is 8.16. The summed E-state index contributed by atoms with van der Waals surface area (Å²) in [6.07, 6.45) is 1.13. The van der Waals surface area contributed by atoms with Gasteiger partial charge in [0.15, 0.2) is 0 Å². The Hall–Kier alpha value is -1.89. The summed E-state index contributed by atoms with van der Waals surface area (Å²) in [6.45, 7) is 6.09. The number of halogens is 1. The van der Waals surface area contributed by atoms with Crippen LogP contribution in [0.3, 0.4) is 0 Å². The van der Waals surface area contributed by atoms with Crippen molar-refractivity contribution < 1.29 is 9.47 Å². The van der Waals surface area contributed by atoms with Crippen molar-refractivity contribution in [2.45, 2.75) is 32.3 Å². The number of benzene rings is 1. The van der Waals surface area contributed by atoms with E-state index in [1.165, 1.54) is 0 Å². The molecule has 1 aliphatic heterocycles. The van der Waals surface area contributed by atoms with Crippen LogP contribution in [0, 0.1) is 0 Å². The Balaban J connectivity index is 1.86. The highest BCUT2D eigenvalue weighted by molar-refractivity contribution is 7.13. The lowest BCUT2D eigenvalue weighted by Gasteiger charge is -2.16. The zero-order chi connectivity index (χ0) is 19.0. The molecule has 1 fully saturated rings. The van der Waals surface area contributed by atoms with Gasteiger partial charge < -0.3 is 14.8 Å². The molecular formula is C20H22ClN3O2S. The molecule has 1 N–H and O–H groups in total. The number of nitrogens with zero attached hydrogens (tertiary/aromatic N) is 2. The molecule has 0 amide bonds. The third-order valence-electron chi connectivity index (χ3n) is 4.71. The topological polar surface area (TPSA) is 56.3 Å². The van der Waals surface area contributed by atoms with Crippen LogP contribution in [0.25, 0.3) is 21.6 Å². The van der Waals surface area contributed by atoms with E-state index in [-0.39, 0.29) is 6.10 Å². The van der Waals surface area contributed by atoms with E-state index in [4.69, 9.17) is 31.0 Å². The Morgan fingerprint density at radius 1 is 1.26 bits per heavy atom. The van der Waals surface area contributed by atoms with Crippen LogP contribution < -0.4 is 14.8 Å². The van der Waals surface area contributed by atoms with Gasteiger partial charge in [-0.1, -0.05) is 25.4 Å². The number of fused-ring (bicyclic) bond motifs is 1. The van der Waals surface area contributed by atoms with Crippen LogP contribution in [0.1, 0.15) is 31.9 Å². The third kappa shape index (κ3) is 3.61. The summed E-state index contributed by atoms with van der Waals surface area (Å²) in [4.78, 5) is 9.55. The van der Waals surface area contributed by atoms with E-state index in [1.54, 1.807) is 18.4 Å². The lowest BCUT2D eigenvalue weighted by Crippen LogP contribution is -2.19. The Kier molecular flexibility index (Phi) is 5.21. The molecular weight excluding hydrogens is 382 g/mol. The van der Waals surface area contributed by atoms with Gasteiger partial charge in [0.2, 0.25) is 0 Å². The minimum atomic E-state index is 0.145. The molecule has 1 aliphatic rings. The summed E-state index contributed by atoms with van der Waals surface area (Å²) in [5.74, 6) is 1.76. The molecule has 3 aromatic rings. The molecule has 0 saturated carbocycles. The lowest BCUT2D eigenvalue weighted by molar-refractivity contribution is 0.226. The van der Waals surface area contributed by atoms with Gasteiger partial charge in [0, 0.05) is 23.4 Å². The highest BCUT2D eigenvalue weighted by atomic mass is 35.5. The van der Waals surface area contributed by atoms with Gasteiger partial charge in [-0.15, -0.1) is 11.3 Å². The molecule has 142 valence electrons. The summed E-state index contributed by atoms with van der Waals surface area (Å²) in [6, 6.07) is 5.79. The number of hydrogen-bond donors (Lipinski definition) is 1. The molecule has 5 nitrogen and oxygen atoms in total. The average Bonchev–Trinajstić information content (AvgIpc) is 3.34. The fourth-order valence-electron chi connectivity index (χ4n) is 3.15. The molecule has 1 saturated heterocycles. The standard InChI is InChI=1S/C20H22ClN3O2S/c1-11(2)15-10-27-20(24-15)14-8-17(26-12-6-7-22-9-12)13-4-5-16(25-3)18(21)19(13)23-14/h4-5,8,10-12,22H,6-7,9H2,1-3H3. The van der Waals surface area contributed by atoms with Crippen molar-refractivity contribution in [1.82, 2.24) is 15.3 Å². The van der Waals surface area contributed by atoms with E-state index in [0.717, 1.165) is 47.0 Å². The van der Waals surface area contributed by atoms with Gasteiger partial charge in [0.05, 0.1) is 18.3 Å². The molecule has 0 bridgehead atoms. The molecule has 0 radical (unpaired) electrons. The summed E-state index contributed by atoms with van der Waals surface area (Å²) in [5.41, 5.74) is 2.52. The smallest absolute Gasteiger partial charge is 0.142 e. The van der Waals surface area contributed by atoms with E-state index in [0.29, 0.717) is 22.2 Å². The second-order valence-corrected chi connectivity index (χ2v) is 8.18. The first-order valence-electron chi connectivity index (χ1n) is 9.07. The van der Waals surface area contributed by atoms with E-state index in [2.05, 4.69) is 24.5 Å². The normalized spacial score (nSPS) is 17.0. The number of ether oxygens (including phenoxy) is 2. The van der Waals surface area contributed by atoms with Crippen LogP contribution in [-0.4, -0.2) is 36.3 Å². The van der Waals surface area contributed by atoms with Crippen molar-refractivity contribution in [1.29, 1.82) is 0 Å². The van der Waals surface area contributed by atoms with Gasteiger partial charge in [-0.05, 0) is 31.0 Å². The fourth-order valence-corrected chi connectivity index (χ4v) is 4.38. The van der Waals surface area contributed by atoms with E-state index >= 15 is 0 Å². The Labute approximate surface area is 167 Å². The molecule has 3 heterocycles. The zero-order valence-corrected chi connectivity index (χ0v) is 17.2. The van der Waals surface area contributed by atoms with Gasteiger partial charge in [0.1, 0.15) is 33.3 Å². The second-order valence-electron chi connectivity index (χ2n) is 6.95. The number of hydrogen-bond acceptors (Lipinski definition) is 6. The van der Waals surface area contributed by atoms with Crippen LogP contribution in [0.5, 0.6) is 11.5 Å². The molecule has 0 spiro atoms. The quantitative estimate of drug-likeness (QED) is 0.657. The van der Waals surface area contributed by atoms with Gasteiger partial charge in [0.25, 0.3) is 0 Å². The molecule has 0 aliphatic carbocycles. The van der Waals surface area contributed by atoms with Crippen molar-refractivity contribution in [3.63, 3.8) is 0 Å². The van der Waals surface area contributed by atoms with Gasteiger partial charge in [-0.25, -0.2) is 9.97 Å². The number of thiazole rings is 1. The molecule has 2 aromatic heterocycles. The number of nitrogens with one attached hydrogen (secondary N) is 1. The molecule has 4 rings (SSSR count). The van der Waals surface area contributed by atoms with Crippen molar-refractivity contribution in [3.05, 3.63) is 34.3 Å². The maximum absolute atomic E-state index is 6.57. The predicted molar refractivity (Wildman–Crippen MR) is 110 cm³/mol. The largest absolute Gasteiger partial charge is 0.495 e. The van der Waals surface area contributed by atoms with E-state index in [1.807, 2.05) is 18.2 Å². The first-order chi connectivity index (χ1) is 13.1. The SMILES string of the molecule is COc1ccc2c(OC3CCNC3)cc(-c3nc(C(C)C)cs3)nc2c1Cl. The van der Waals surface area contributed by atoms with Crippen LogP contribution in [0.4, 0.5) is 0 Å². The molecule has 1 atom stereocenters. The molecule has 1 unspecified atom stereocenters.